The van der Waals surface area contributed by atoms with E-state index in [2.05, 4.69) is 5.10 Å². The summed E-state index contributed by atoms with van der Waals surface area (Å²) in [4.78, 5) is 11.4. The van der Waals surface area contributed by atoms with Crippen LogP contribution < -0.4 is 0 Å². The molecule has 0 radical (unpaired) electrons. The molecule has 0 bridgehead atoms. The van der Waals surface area contributed by atoms with Crippen molar-refractivity contribution < 1.29 is 13.9 Å². The third-order valence-corrected chi connectivity index (χ3v) is 2.00. The number of hydrogen-bond acceptors (Lipinski definition) is 3. The van der Waals surface area contributed by atoms with Crippen LogP contribution in [0.3, 0.4) is 0 Å². The first-order chi connectivity index (χ1) is 6.99. The highest BCUT2D eigenvalue weighted by Gasteiger charge is 2.23. The molecule has 1 rings (SSSR count). The smallest absolute Gasteiger partial charge is 0.344 e. The van der Waals surface area contributed by atoms with E-state index in [0.717, 1.165) is 0 Å². The maximum Gasteiger partial charge on any atom is 0.344 e. The Morgan fingerprint density at radius 2 is 2.20 bits per heavy atom. The molecule has 1 aromatic rings. The van der Waals surface area contributed by atoms with E-state index in [1.54, 1.807) is 27.7 Å². The zero-order valence-corrected chi connectivity index (χ0v) is 9.37. The van der Waals surface area contributed by atoms with Crippen LogP contribution in [0, 0.1) is 12.9 Å². The van der Waals surface area contributed by atoms with Crippen molar-refractivity contribution in [2.24, 2.45) is 0 Å². The number of carbonyl (C=O) groups is 1. The monoisotopic (exact) mass is 214 g/mol. The van der Waals surface area contributed by atoms with Crippen molar-refractivity contribution in [1.82, 2.24) is 9.78 Å². The number of aryl methyl sites for hydroxylation is 1. The Balaban J connectivity index is 3.13. The van der Waals surface area contributed by atoms with Gasteiger partial charge < -0.3 is 4.74 Å². The van der Waals surface area contributed by atoms with E-state index < -0.39 is 11.9 Å². The van der Waals surface area contributed by atoms with Crippen LogP contribution in [0.25, 0.3) is 0 Å². The summed E-state index contributed by atoms with van der Waals surface area (Å²) < 4.78 is 19.7. The Kier molecular flexibility index (Phi) is 3.44. The fraction of sp³-hybridized carbons (Fsp3) is 0.600. The molecule has 84 valence electrons. The first-order valence-electron chi connectivity index (χ1n) is 4.90. The summed E-state index contributed by atoms with van der Waals surface area (Å²) in [5.41, 5.74) is 0.296. The zero-order chi connectivity index (χ0) is 11.6. The van der Waals surface area contributed by atoms with Crippen LogP contribution >= 0.6 is 0 Å². The number of hydrogen-bond donors (Lipinski definition) is 0. The summed E-state index contributed by atoms with van der Waals surface area (Å²) in [6.45, 7) is 7.09. The second-order valence-corrected chi connectivity index (χ2v) is 3.51. The van der Waals surface area contributed by atoms with Crippen LogP contribution in [-0.2, 0) is 4.74 Å². The molecule has 0 aliphatic heterocycles. The van der Waals surface area contributed by atoms with Crippen molar-refractivity contribution in [2.45, 2.75) is 33.7 Å². The van der Waals surface area contributed by atoms with Gasteiger partial charge in [-0.15, -0.1) is 0 Å². The molecular formula is C10H15FN2O2. The third-order valence-electron chi connectivity index (χ3n) is 2.00. The van der Waals surface area contributed by atoms with Crippen LogP contribution in [0.5, 0.6) is 0 Å². The first-order valence-corrected chi connectivity index (χ1v) is 4.90. The van der Waals surface area contributed by atoms with Gasteiger partial charge in [-0.3, -0.25) is 0 Å². The molecule has 0 fully saturated rings. The maximum atomic E-state index is 13.7. The summed E-state index contributed by atoms with van der Waals surface area (Å²) in [5.74, 6) is -1.28. The van der Waals surface area contributed by atoms with E-state index in [4.69, 9.17) is 4.74 Å². The second-order valence-electron chi connectivity index (χ2n) is 3.51. The van der Waals surface area contributed by atoms with Crippen molar-refractivity contribution in [3.63, 3.8) is 0 Å². The highest BCUT2D eigenvalue weighted by Crippen LogP contribution is 2.17. The lowest BCUT2D eigenvalue weighted by atomic mass is 10.2. The molecule has 15 heavy (non-hydrogen) atoms. The van der Waals surface area contributed by atoms with E-state index in [9.17, 15) is 9.18 Å². The molecule has 0 saturated carbocycles. The minimum Gasteiger partial charge on any atom is -0.462 e. The minimum absolute atomic E-state index is 0.0643. The molecule has 0 saturated heterocycles. The molecule has 0 aliphatic rings. The van der Waals surface area contributed by atoms with Crippen molar-refractivity contribution in [3.8, 4) is 0 Å². The van der Waals surface area contributed by atoms with Gasteiger partial charge in [0.15, 0.2) is 0 Å². The van der Waals surface area contributed by atoms with Crippen molar-refractivity contribution in [1.29, 1.82) is 0 Å². The normalized spacial score (nSPS) is 10.8. The summed E-state index contributed by atoms with van der Waals surface area (Å²) in [5, 5.41) is 3.95. The highest BCUT2D eigenvalue weighted by atomic mass is 19.1. The molecule has 0 aliphatic carbocycles. The lowest BCUT2D eigenvalue weighted by Gasteiger charge is -2.05. The van der Waals surface area contributed by atoms with Crippen LogP contribution in [0.4, 0.5) is 4.39 Å². The van der Waals surface area contributed by atoms with Gasteiger partial charge >= 0.3 is 5.97 Å². The van der Waals surface area contributed by atoms with Gasteiger partial charge in [0.1, 0.15) is 5.56 Å². The average molecular weight is 214 g/mol. The van der Waals surface area contributed by atoms with Crippen LogP contribution in [0.2, 0.25) is 0 Å². The highest BCUT2D eigenvalue weighted by molar-refractivity contribution is 5.90. The van der Waals surface area contributed by atoms with Crippen LogP contribution in [0.15, 0.2) is 0 Å². The zero-order valence-electron chi connectivity index (χ0n) is 9.37. The van der Waals surface area contributed by atoms with Gasteiger partial charge in [-0.2, -0.15) is 9.49 Å². The van der Waals surface area contributed by atoms with Crippen LogP contribution in [-0.4, -0.2) is 22.4 Å². The van der Waals surface area contributed by atoms with E-state index >= 15 is 0 Å². The Hall–Kier alpha value is -1.39. The number of ether oxygens (including phenoxy) is 1. The quantitative estimate of drug-likeness (QED) is 0.723. The molecule has 1 heterocycles. The number of carbonyl (C=O) groups excluding carboxylic acids is 1. The summed E-state index contributed by atoms with van der Waals surface area (Å²) in [7, 11) is 0. The summed E-state index contributed by atoms with van der Waals surface area (Å²) >= 11 is 0. The predicted octanol–water partition coefficient (Wildman–Crippen LogP) is 2.09. The summed E-state index contributed by atoms with van der Waals surface area (Å²) in [6, 6.07) is -0.119. The van der Waals surface area contributed by atoms with Gasteiger partial charge in [0.2, 0.25) is 5.95 Å². The molecule has 0 unspecified atom stereocenters. The largest absolute Gasteiger partial charge is 0.462 e. The van der Waals surface area contributed by atoms with Crippen molar-refractivity contribution in [2.75, 3.05) is 6.61 Å². The fourth-order valence-corrected chi connectivity index (χ4v) is 1.30. The SMILES string of the molecule is CCOC(=O)c1c(C)nn(C(C)C)c1F. The van der Waals surface area contributed by atoms with Gasteiger partial charge in [-0.1, -0.05) is 0 Å². The number of halogens is 1. The number of nitrogens with zero attached hydrogens (tertiary/aromatic N) is 2. The molecular weight excluding hydrogens is 199 g/mol. The average Bonchev–Trinajstić information content (AvgIpc) is 2.42. The number of aromatic nitrogens is 2. The lowest BCUT2D eigenvalue weighted by molar-refractivity contribution is 0.0519. The Labute approximate surface area is 88.0 Å². The molecule has 0 spiro atoms. The Bertz CT molecular complexity index is 372. The fourth-order valence-electron chi connectivity index (χ4n) is 1.30. The molecule has 0 atom stereocenters. The Morgan fingerprint density at radius 3 is 2.60 bits per heavy atom. The first kappa shape index (κ1) is 11.7. The van der Waals surface area contributed by atoms with Crippen LogP contribution in [0.1, 0.15) is 42.9 Å². The Morgan fingerprint density at radius 1 is 1.60 bits per heavy atom. The lowest BCUT2D eigenvalue weighted by Crippen LogP contribution is -2.10. The van der Waals surface area contributed by atoms with E-state index in [1.165, 1.54) is 4.68 Å². The van der Waals surface area contributed by atoms with E-state index in [-0.39, 0.29) is 18.2 Å². The molecule has 0 N–H and O–H groups in total. The molecule has 5 heteroatoms. The standard InChI is InChI=1S/C10H15FN2O2/c1-5-15-10(14)8-7(4)12-13(6(2)3)9(8)11/h6H,5H2,1-4H3. The van der Waals surface area contributed by atoms with E-state index in [0.29, 0.717) is 5.69 Å². The van der Waals surface area contributed by atoms with Gasteiger partial charge in [0, 0.05) is 6.04 Å². The van der Waals surface area contributed by atoms with Crippen molar-refractivity contribution in [3.05, 3.63) is 17.2 Å². The number of rotatable bonds is 3. The maximum absolute atomic E-state index is 13.7. The third kappa shape index (κ3) is 2.16. The van der Waals surface area contributed by atoms with Crippen molar-refractivity contribution >= 4 is 5.97 Å². The summed E-state index contributed by atoms with van der Waals surface area (Å²) in [6.07, 6.45) is 0. The molecule has 4 nitrogen and oxygen atoms in total. The number of esters is 1. The topological polar surface area (TPSA) is 44.1 Å². The van der Waals surface area contributed by atoms with E-state index in [1.807, 2.05) is 0 Å². The predicted molar refractivity (Wildman–Crippen MR) is 53.3 cm³/mol. The second kappa shape index (κ2) is 4.42. The van der Waals surface area contributed by atoms with Gasteiger partial charge in [0.25, 0.3) is 0 Å². The minimum atomic E-state index is -0.653. The molecule has 0 aromatic carbocycles. The van der Waals surface area contributed by atoms with Gasteiger partial charge in [0.05, 0.1) is 12.3 Å². The van der Waals surface area contributed by atoms with Gasteiger partial charge in [-0.25, -0.2) is 9.48 Å². The van der Waals surface area contributed by atoms with Gasteiger partial charge in [-0.05, 0) is 27.7 Å². The molecule has 0 amide bonds. The molecule has 1 aromatic heterocycles.